The normalized spacial score (nSPS) is 17.1. The van der Waals surface area contributed by atoms with E-state index in [-0.39, 0.29) is 12.0 Å². The molecule has 0 bridgehead atoms. The Kier molecular flexibility index (Phi) is 4.33. The Morgan fingerprint density at radius 3 is 2.83 bits per heavy atom. The largest absolute Gasteiger partial charge is 0.377 e. The lowest BCUT2D eigenvalue weighted by Gasteiger charge is -2.31. The zero-order chi connectivity index (χ0) is 13.0. The molecule has 1 aliphatic rings. The molecule has 0 aromatic carbocycles. The van der Waals surface area contributed by atoms with Gasteiger partial charge in [-0.1, -0.05) is 0 Å². The number of aromatic nitrogens is 2. The van der Waals surface area contributed by atoms with Gasteiger partial charge in [0.2, 0.25) is 0 Å². The number of hydrogen-bond donors (Lipinski definition) is 1. The number of piperidine rings is 1. The maximum absolute atomic E-state index is 12.2. The maximum Gasteiger partial charge on any atom is 0.272 e. The van der Waals surface area contributed by atoms with Crippen molar-refractivity contribution >= 4 is 5.91 Å². The third-order valence-corrected chi connectivity index (χ3v) is 3.24. The Bertz CT molecular complexity index is 397. The van der Waals surface area contributed by atoms with Crippen LogP contribution < -0.4 is 5.73 Å². The van der Waals surface area contributed by atoms with Crippen LogP contribution in [0.3, 0.4) is 0 Å². The van der Waals surface area contributed by atoms with Crippen LogP contribution in [-0.2, 0) is 11.8 Å². The third-order valence-electron chi connectivity index (χ3n) is 3.24. The predicted molar refractivity (Wildman–Crippen MR) is 67.1 cm³/mol. The van der Waals surface area contributed by atoms with Gasteiger partial charge in [0.1, 0.15) is 5.69 Å². The van der Waals surface area contributed by atoms with E-state index in [0.29, 0.717) is 18.8 Å². The maximum atomic E-state index is 12.2. The van der Waals surface area contributed by atoms with Crippen molar-refractivity contribution in [2.75, 3.05) is 26.2 Å². The van der Waals surface area contributed by atoms with Gasteiger partial charge in [-0.3, -0.25) is 9.48 Å². The van der Waals surface area contributed by atoms with Crippen molar-refractivity contribution in [3.05, 3.63) is 18.0 Å². The summed E-state index contributed by atoms with van der Waals surface area (Å²) in [4.78, 5) is 14.1. The fourth-order valence-corrected chi connectivity index (χ4v) is 2.21. The number of rotatable bonds is 4. The minimum atomic E-state index is 0.0484. The van der Waals surface area contributed by atoms with Crippen LogP contribution in [-0.4, -0.2) is 52.9 Å². The van der Waals surface area contributed by atoms with E-state index in [1.165, 1.54) is 0 Å². The summed E-state index contributed by atoms with van der Waals surface area (Å²) in [5.74, 6) is 0.0484. The molecule has 0 radical (unpaired) electrons. The lowest BCUT2D eigenvalue weighted by molar-refractivity contribution is 0.0118. The van der Waals surface area contributed by atoms with Crippen LogP contribution in [0.2, 0.25) is 0 Å². The van der Waals surface area contributed by atoms with Crippen molar-refractivity contribution in [3.63, 3.8) is 0 Å². The molecule has 1 aromatic rings. The molecule has 0 unspecified atom stereocenters. The number of carbonyl (C=O) groups is 1. The molecule has 100 valence electrons. The predicted octanol–water partition coefficient (Wildman–Crippen LogP) is 0.000000000000000722. The lowest BCUT2D eigenvalue weighted by Crippen LogP contribution is -2.41. The van der Waals surface area contributed by atoms with Crippen molar-refractivity contribution in [3.8, 4) is 0 Å². The molecular formula is C12H20N4O2. The average molecular weight is 252 g/mol. The van der Waals surface area contributed by atoms with Crippen molar-refractivity contribution < 1.29 is 9.53 Å². The molecule has 0 aliphatic carbocycles. The Balaban J connectivity index is 1.86. The van der Waals surface area contributed by atoms with Crippen molar-refractivity contribution in [2.24, 2.45) is 12.8 Å². The van der Waals surface area contributed by atoms with Gasteiger partial charge in [0.25, 0.3) is 5.91 Å². The number of likely N-dealkylation sites (tertiary alicyclic amines) is 1. The first-order valence-electron chi connectivity index (χ1n) is 6.31. The minimum Gasteiger partial charge on any atom is -0.377 e. The smallest absolute Gasteiger partial charge is 0.272 e. The number of ether oxygens (including phenoxy) is 1. The van der Waals surface area contributed by atoms with E-state index >= 15 is 0 Å². The molecule has 6 nitrogen and oxygen atoms in total. The van der Waals surface area contributed by atoms with Gasteiger partial charge in [0, 0.05) is 32.9 Å². The Morgan fingerprint density at radius 1 is 1.56 bits per heavy atom. The van der Waals surface area contributed by atoms with Gasteiger partial charge in [-0.15, -0.1) is 0 Å². The van der Waals surface area contributed by atoms with E-state index in [0.717, 1.165) is 25.9 Å². The number of nitrogens with zero attached hydrogens (tertiary/aromatic N) is 3. The summed E-state index contributed by atoms with van der Waals surface area (Å²) in [6.07, 6.45) is 3.64. The van der Waals surface area contributed by atoms with Gasteiger partial charge in [-0.05, 0) is 18.9 Å². The van der Waals surface area contributed by atoms with E-state index in [9.17, 15) is 4.79 Å². The van der Waals surface area contributed by atoms with Crippen molar-refractivity contribution in [1.82, 2.24) is 14.7 Å². The zero-order valence-corrected chi connectivity index (χ0v) is 10.7. The van der Waals surface area contributed by atoms with Crippen LogP contribution in [0.15, 0.2) is 12.3 Å². The second kappa shape index (κ2) is 5.97. The first-order chi connectivity index (χ1) is 8.72. The molecule has 1 aromatic heterocycles. The first-order valence-corrected chi connectivity index (χ1v) is 6.31. The molecule has 2 rings (SSSR count). The van der Waals surface area contributed by atoms with Gasteiger partial charge in [0.05, 0.1) is 12.7 Å². The highest BCUT2D eigenvalue weighted by atomic mass is 16.5. The van der Waals surface area contributed by atoms with E-state index in [4.69, 9.17) is 10.5 Å². The van der Waals surface area contributed by atoms with Crippen LogP contribution in [0.1, 0.15) is 23.3 Å². The first kappa shape index (κ1) is 13.0. The molecule has 1 amide bonds. The SMILES string of the molecule is Cn1nccc1C(=O)N1CCC(OCCN)CC1. The van der Waals surface area contributed by atoms with Gasteiger partial charge in [-0.25, -0.2) is 0 Å². The standard InChI is InChI=1S/C12H20N4O2/c1-15-11(2-6-14-15)12(17)16-7-3-10(4-8-16)18-9-5-13/h2,6,10H,3-5,7-9,13H2,1H3. The molecule has 1 fully saturated rings. The summed E-state index contributed by atoms with van der Waals surface area (Å²) in [5, 5.41) is 4.02. The second-order valence-electron chi connectivity index (χ2n) is 4.49. The molecule has 1 saturated heterocycles. The molecular weight excluding hydrogens is 232 g/mol. The lowest BCUT2D eigenvalue weighted by atomic mass is 10.1. The molecule has 0 saturated carbocycles. The number of aryl methyl sites for hydroxylation is 1. The number of hydrogen-bond acceptors (Lipinski definition) is 4. The van der Waals surface area contributed by atoms with Gasteiger partial charge in [0.15, 0.2) is 0 Å². The molecule has 1 aliphatic heterocycles. The summed E-state index contributed by atoms with van der Waals surface area (Å²) >= 11 is 0. The monoisotopic (exact) mass is 252 g/mol. The molecule has 6 heteroatoms. The quantitative estimate of drug-likeness (QED) is 0.818. The van der Waals surface area contributed by atoms with Crippen LogP contribution >= 0.6 is 0 Å². The summed E-state index contributed by atoms with van der Waals surface area (Å²) in [6, 6.07) is 1.75. The van der Waals surface area contributed by atoms with Crippen molar-refractivity contribution in [2.45, 2.75) is 18.9 Å². The average Bonchev–Trinajstić information content (AvgIpc) is 2.82. The number of nitrogens with two attached hydrogens (primary N) is 1. The molecule has 0 atom stereocenters. The van der Waals surface area contributed by atoms with E-state index < -0.39 is 0 Å². The van der Waals surface area contributed by atoms with E-state index in [1.54, 1.807) is 24.0 Å². The van der Waals surface area contributed by atoms with Gasteiger partial charge >= 0.3 is 0 Å². The van der Waals surface area contributed by atoms with E-state index in [2.05, 4.69) is 5.10 Å². The van der Waals surface area contributed by atoms with Crippen LogP contribution in [0.4, 0.5) is 0 Å². The van der Waals surface area contributed by atoms with E-state index in [1.807, 2.05) is 4.90 Å². The summed E-state index contributed by atoms with van der Waals surface area (Å²) < 4.78 is 7.20. The number of amides is 1. The number of carbonyl (C=O) groups excluding carboxylic acids is 1. The van der Waals surface area contributed by atoms with Gasteiger partial charge in [-0.2, -0.15) is 5.10 Å². The fourth-order valence-electron chi connectivity index (χ4n) is 2.21. The second-order valence-corrected chi connectivity index (χ2v) is 4.49. The summed E-state index contributed by atoms with van der Waals surface area (Å²) in [6.45, 7) is 2.62. The van der Waals surface area contributed by atoms with Crippen LogP contribution in [0.5, 0.6) is 0 Å². The Labute approximate surface area is 107 Å². The third kappa shape index (κ3) is 2.88. The Hall–Kier alpha value is -1.40. The highest BCUT2D eigenvalue weighted by Gasteiger charge is 2.25. The fraction of sp³-hybridized carbons (Fsp3) is 0.667. The molecule has 2 heterocycles. The summed E-state index contributed by atoms with van der Waals surface area (Å²) in [7, 11) is 1.78. The van der Waals surface area contributed by atoms with Crippen molar-refractivity contribution in [1.29, 1.82) is 0 Å². The Morgan fingerprint density at radius 2 is 2.28 bits per heavy atom. The molecule has 0 spiro atoms. The zero-order valence-electron chi connectivity index (χ0n) is 10.7. The molecule has 2 N–H and O–H groups in total. The minimum absolute atomic E-state index is 0.0484. The summed E-state index contributed by atoms with van der Waals surface area (Å²) in [5.41, 5.74) is 6.04. The topological polar surface area (TPSA) is 73.4 Å². The van der Waals surface area contributed by atoms with Gasteiger partial charge < -0.3 is 15.4 Å². The molecule has 18 heavy (non-hydrogen) atoms. The highest BCUT2D eigenvalue weighted by Crippen LogP contribution is 2.15. The van der Waals surface area contributed by atoms with Crippen LogP contribution in [0, 0.1) is 0 Å². The van der Waals surface area contributed by atoms with Crippen LogP contribution in [0.25, 0.3) is 0 Å². The highest BCUT2D eigenvalue weighted by molar-refractivity contribution is 5.92.